The van der Waals surface area contributed by atoms with Gasteiger partial charge in [0.25, 0.3) is 0 Å². The topological polar surface area (TPSA) is 91.5 Å². The van der Waals surface area contributed by atoms with Gasteiger partial charge in [0.1, 0.15) is 6.04 Å². The van der Waals surface area contributed by atoms with Crippen molar-refractivity contribution in [1.82, 2.24) is 15.2 Å². The molecule has 4 atom stereocenters. The lowest BCUT2D eigenvalue weighted by Gasteiger charge is -2.38. The van der Waals surface area contributed by atoms with Gasteiger partial charge in [-0.15, -0.1) is 0 Å². The first-order valence-corrected chi connectivity index (χ1v) is 11.1. The first-order chi connectivity index (χ1) is 14.3. The van der Waals surface area contributed by atoms with Gasteiger partial charge in [-0.3, -0.25) is 9.59 Å². The van der Waals surface area contributed by atoms with E-state index in [1.54, 1.807) is 12.1 Å². The van der Waals surface area contributed by atoms with Crippen molar-refractivity contribution in [2.75, 3.05) is 7.11 Å². The van der Waals surface area contributed by atoms with Crippen LogP contribution in [0.1, 0.15) is 44.8 Å². The minimum atomic E-state index is -0.680. The van der Waals surface area contributed by atoms with E-state index in [0.29, 0.717) is 11.3 Å². The van der Waals surface area contributed by atoms with Crippen LogP contribution in [-0.4, -0.2) is 41.1 Å². The number of H-pyrrole nitrogens is 1. The Morgan fingerprint density at radius 1 is 1.27 bits per heavy atom. The molecule has 30 heavy (non-hydrogen) atoms. The standard InChI is InChI=1S/C22H26BrN3O4/c1-11(2)19(25-22(29)30-3)21(28)26-14-6-4-12(8-14)20(26)17-10-18(27)15-7-5-13(23)9-16(15)24-17/h5,7,9-12,14,19-20H,4,6,8H2,1-3H3,(H,24,27)(H,25,29)/t12-,14+,19-,20-/m0/s1. The third-order valence-electron chi connectivity index (χ3n) is 6.36. The fourth-order valence-electron chi connectivity index (χ4n) is 4.97. The first-order valence-electron chi connectivity index (χ1n) is 10.3. The summed E-state index contributed by atoms with van der Waals surface area (Å²) in [6.45, 7) is 3.80. The molecule has 1 aliphatic heterocycles. The number of rotatable bonds is 4. The van der Waals surface area contributed by atoms with E-state index < -0.39 is 12.1 Å². The quantitative estimate of drug-likeness (QED) is 0.704. The zero-order valence-corrected chi connectivity index (χ0v) is 18.9. The van der Waals surface area contributed by atoms with Crippen molar-refractivity contribution < 1.29 is 14.3 Å². The number of aromatic amines is 1. The molecule has 160 valence electrons. The third kappa shape index (κ3) is 3.62. The van der Waals surface area contributed by atoms with Gasteiger partial charge in [-0.2, -0.15) is 0 Å². The SMILES string of the molecule is COC(=O)N[C@H](C(=O)N1[C@@H]2CC[C@@H](C2)[C@H]1c1cc(=O)c2ccc(Br)cc2[nH]1)C(C)C. The van der Waals surface area contributed by atoms with Gasteiger partial charge < -0.3 is 19.9 Å². The van der Waals surface area contributed by atoms with E-state index in [1.165, 1.54) is 7.11 Å². The largest absolute Gasteiger partial charge is 0.453 e. The number of carbonyl (C=O) groups is 2. The molecule has 1 aliphatic carbocycles. The zero-order chi connectivity index (χ0) is 21.6. The molecule has 2 bridgehead atoms. The number of hydrogen-bond donors (Lipinski definition) is 2. The molecule has 2 amide bonds. The fraction of sp³-hybridized carbons (Fsp3) is 0.500. The molecule has 1 aromatic heterocycles. The molecule has 0 radical (unpaired) electrons. The van der Waals surface area contributed by atoms with Gasteiger partial charge in [-0.1, -0.05) is 29.8 Å². The predicted molar refractivity (Wildman–Crippen MR) is 117 cm³/mol. The molecule has 0 spiro atoms. The molecule has 2 aliphatic rings. The number of piperidine rings is 1. The lowest BCUT2D eigenvalue weighted by atomic mass is 9.93. The van der Waals surface area contributed by atoms with Gasteiger partial charge in [-0.05, 0) is 49.3 Å². The van der Waals surface area contributed by atoms with E-state index >= 15 is 0 Å². The lowest BCUT2D eigenvalue weighted by Crippen LogP contribution is -2.54. The van der Waals surface area contributed by atoms with Crippen LogP contribution in [0.5, 0.6) is 0 Å². The van der Waals surface area contributed by atoms with Crippen molar-refractivity contribution in [1.29, 1.82) is 0 Å². The van der Waals surface area contributed by atoms with Crippen molar-refractivity contribution in [3.8, 4) is 0 Å². The lowest BCUT2D eigenvalue weighted by molar-refractivity contribution is -0.139. The van der Waals surface area contributed by atoms with Gasteiger partial charge in [0, 0.05) is 27.7 Å². The van der Waals surface area contributed by atoms with Gasteiger partial charge >= 0.3 is 6.09 Å². The molecule has 1 saturated carbocycles. The number of methoxy groups -OCH3 is 1. The number of carbonyl (C=O) groups excluding carboxylic acids is 2. The molecule has 2 heterocycles. The Bertz CT molecular complexity index is 1050. The maximum Gasteiger partial charge on any atom is 0.407 e. The summed E-state index contributed by atoms with van der Waals surface area (Å²) in [5.41, 5.74) is 1.44. The average Bonchev–Trinajstić information content (AvgIpc) is 3.32. The zero-order valence-electron chi connectivity index (χ0n) is 17.3. The highest BCUT2D eigenvalue weighted by Gasteiger charge is 2.50. The molecule has 7 nitrogen and oxygen atoms in total. The van der Waals surface area contributed by atoms with Crippen LogP contribution in [0.2, 0.25) is 0 Å². The minimum Gasteiger partial charge on any atom is -0.453 e. The van der Waals surface area contributed by atoms with Crippen LogP contribution in [0, 0.1) is 11.8 Å². The smallest absolute Gasteiger partial charge is 0.407 e. The van der Waals surface area contributed by atoms with Crippen LogP contribution in [0.25, 0.3) is 10.9 Å². The van der Waals surface area contributed by atoms with Crippen LogP contribution < -0.4 is 10.7 Å². The Hall–Kier alpha value is -2.35. The van der Waals surface area contributed by atoms with E-state index in [1.807, 2.05) is 30.9 Å². The second kappa shape index (κ2) is 8.06. The number of nitrogens with zero attached hydrogens (tertiary/aromatic N) is 1. The summed E-state index contributed by atoms with van der Waals surface area (Å²) in [6.07, 6.45) is 2.26. The number of nitrogens with one attached hydrogen (secondary N) is 2. The number of likely N-dealkylation sites (tertiary alicyclic amines) is 1. The predicted octanol–water partition coefficient (Wildman–Crippen LogP) is 3.72. The van der Waals surface area contributed by atoms with E-state index in [4.69, 9.17) is 4.74 Å². The van der Waals surface area contributed by atoms with Crippen LogP contribution in [0.3, 0.4) is 0 Å². The van der Waals surface area contributed by atoms with Crippen molar-refractivity contribution in [3.63, 3.8) is 0 Å². The number of alkyl carbamates (subject to hydrolysis) is 1. The minimum absolute atomic E-state index is 0.0606. The molecule has 2 N–H and O–H groups in total. The number of ether oxygens (including phenoxy) is 1. The maximum absolute atomic E-state index is 13.6. The van der Waals surface area contributed by atoms with Crippen LogP contribution in [0.15, 0.2) is 33.5 Å². The van der Waals surface area contributed by atoms with Crippen molar-refractivity contribution in [2.45, 2.75) is 51.2 Å². The number of hydrogen-bond acceptors (Lipinski definition) is 4. The Morgan fingerprint density at radius 2 is 2.03 bits per heavy atom. The molecule has 1 aromatic carbocycles. The summed E-state index contributed by atoms with van der Waals surface area (Å²) < 4.78 is 5.60. The second-order valence-electron chi connectivity index (χ2n) is 8.55. The van der Waals surface area contributed by atoms with Crippen molar-refractivity contribution in [3.05, 3.63) is 44.7 Å². The summed E-state index contributed by atoms with van der Waals surface area (Å²) in [5, 5.41) is 3.31. The van der Waals surface area contributed by atoms with Crippen molar-refractivity contribution in [2.24, 2.45) is 11.8 Å². The Kier molecular flexibility index (Phi) is 5.61. The monoisotopic (exact) mass is 475 g/mol. The Balaban J connectivity index is 1.73. The van der Waals surface area contributed by atoms with Gasteiger partial charge in [-0.25, -0.2) is 4.79 Å². The molecule has 2 fully saturated rings. The number of benzene rings is 1. The van der Waals surface area contributed by atoms with Crippen molar-refractivity contribution >= 4 is 38.8 Å². The summed E-state index contributed by atoms with van der Waals surface area (Å²) in [7, 11) is 1.29. The highest BCUT2D eigenvalue weighted by Crippen LogP contribution is 2.50. The van der Waals surface area contributed by atoms with E-state index in [9.17, 15) is 14.4 Å². The highest BCUT2D eigenvalue weighted by atomic mass is 79.9. The number of fused-ring (bicyclic) bond motifs is 3. The van der Waals surface area contributed by atoms with E-state index in [-0.39, 0.29) is 29.3 Å². The molecular weight excluding hydrogens is 450 g/mol. The molecule has 2 aromatic rings. The summed E-state index contributed by atoms with van der Waals surface area (Å²) in [4.78, 5) is 43.5. The maximum atomic E-state index is 13.6. The molecule has 4 rings (SSSR count). The summed E-state index contributed by atoms with van der Waals surface area (Å²) in [5.74, 6) is 0.0796. The number of amides is 2. The molecule has 8 heteroatoms. The Morgan fingerprint density at radius 3 is 2.73 bits per heavy atom. The van der Waals surface area contributed by atoms with E-state index in [0.717, 1.165) is 34.9 Å². The molecule has 1 saturated heterocycles. The molecular formula is C22H26BrN3O4. The summed E-state index contributed by atoms with van der Waals surface area (Å²) >= 11 is 3.46. The van der Waals surface area contributed by atoms with Gasteiger partial charge in [0.2, 0.25) is 5.91 Å². The van der Waals surface area contributed by atoms with Crippen LogP contribution in [-0.2, 0) is 9.53 Å². The summed E-state index contributed by atoms with van der Waals surface area (Å²) in [6, 6.07) is 6.38. The molecule has 0 unspecified atom stereocenters. The fourth-order valence-corrected chi connectivity index (χ4v) is 5.33. The Labute approximate surface area is 183 Å². The van der Waals surface area contributed by atoms with Gasteiger partial charge in [0.15, 0.2) is 5.43 Å². The highest BCUT2D eigenvalue weighted by molar-refractivity contribution is 9.10. The van der Waals surface area contributed by atoms with Crippen LogP contribution >= 0.6 is 15.9 Å². The first kappa shape index (κ1) is 20.9. The second-order valence-corrected chi connectivity index (χ2v) is 9.47. The third-order valence-corrected chi connectivity index (χ3v) is 6.86. The van der Waals surface area contributed by atoms with Gasteiger partial charge in [0.05, 0.1) is 18.7 Å². The number of pyridine rings is 1. The number of halogens is 1. The average molecular weight is 476 g/mol. The normalized spacial score (nSPS) is 23.8. The van der Waals surface area contributed by atoms with E-state index in [2.05, 4.69) is 26.2 Å². The van der Waals surface area contributed by atoms with Crippen LogP contribution in [0.4, 0.5) is 4.79 Å². The number of aromatic nitrogens is 1.